The van der Waals surface area contributed by atoms with Gasteiger partial charge in [0.1, 0.15) is 11.6 Å². The molecule has 1 aromatic heterocycles. The van der Waals surface area contributed by atoms with Gasteiger partial charge in [-0.15, -0.1) is 0 Å². The average molecular weight is 314 g/mol. The molecule has 3 nitrogen and oxygen atoms in total. The van der Waals surface area contributed by atoms with Crippen molar-refractivity contribution in [3.05, 3.63) is 46.1 Å². The highest BCUT2D eigenvalue weighted by Crippen LogP contribution is 2.28. The quantitative estimate of drug-likeness (QED) is 0.830. The summed E-state index contributed by atoms with van der Waals surface area (Å²) < 4.78 is 26.8. The number of rotatable bonds is 2. The molecule has 3 N–H and O–H groups in total. The van der Waals surface area contributed by atoms with Crippen LogP contribution in [0.15, 0.2) is 28.9 Å². The fourth-order valence-electron chi connectivity index (χ4n) is 1.42. The maximum atomic E-state index is 13.6. The zero-order chi connectivity index (χ0) is 13.3. The maximum Gasteiger partial charge on any atom is 0.153 e. The van der Waals surface area contributed by atoms with Crippen LogP contribution >= 0.6 is 15.9 Å². The fourth-order valence-corrected chi connectivity index (χ4v) is 1.76. The SMILES string of the molecule is Cc1ccnc(Nc2cc(Br)c(F)cc2F)c1N. The van der Waals surface area contributed by atoms with E-state index < -0.39 is 11.6 Å². The number of hydrogen-bond acceptors (Lipinski definition) is 3. The number of nitrogens with zero attached hydrogens (tertiary/aromatic N) is 1. The van der Waals surface area contributed by atoms with Gasteiger partial charge in [0.2, 0.25) is 0 Å². The van der Waals surface area contributed by atoms with Gasteiger partial charge in [-0.3, -0.25) is 0 Å². The number of halogens is 3. The topological polar surface area (TPSA) is 50.9 Å². The Morgan fingerprint density at radius 2 is 2.00 bits per heavy atom. The minimum Gasteiger partial charge on any atom is -0.396 e. The van der Waals surface area contributed by atoms with Crippen molar-refractivity contribution in [3.63, 3.8) is 0 Å². The summed E-state index contributed by atoms with van der Waals surface area (Å²) in [7, 11) is 0. The second-order valence-electron chi connectivity index (χ2n) is 3.76. The van der Waals surface area contributed by atoms with E-state index in [9.17, 15) is 8.78 Å². The van der Waals surface area contributed by atoms with Crippen LogP contribution in [0.3, 0.4) is 0 Å². The lowest BCUT2D eigenvalue weighted by Crippen LogP contribution is -2.02. The number of anilines is 3. The molecule has 0 aliphatic heterocycles. The number of nitrogens with one attached hydrogen (secondary N) is 1. The molecule has 2 rings (SSSR count). The van der Waals surface area contributed by atoms with Crippen LogP contribution in [0.4, 0.5) is 26.0 Å². The van der Waals surface area contributed by atoms with Crippen LogP contribution in [0.2, 0.25) is 0 Å². The van der Waals surface area contributed by atoms with Crippen LogP contribution in [-0.4, -0.2) is 4.98 Å². The van der Waals surface area contributed by atoms with Crippen LogP contribution in [0.25, 0.3) is 0 Å². The fraction of sp³-hybridized carbons (Fsp3) is 0.0833. The number of benzene rings is 1. The van der Waals surface area contributed by atoms with Crippen molar-refractivity contribution >= 4 is 33.1 Å². The van der Waals surface area contributed by atoms with E-state index >= 15 is 0 Å². The third kappa shape index (κ3) is 2.43. The lowest BCUT2D eigenvalue weighted by atomic mass is 10.2. The largest absolute Gasteiger partial charge is 0.396 e. The minimum atomic E-state index is -0.710. The summed E-state index contributed by atoms with van der Waals surface area (Å²) in [6.45, 7) is 1.82. The molecule has 0 amide bonds. The second kappa shape index (κ2) is 4.89. The highest BCUT2D eigenvalue weighted by atomic mass is 79.9. The van der Waals surface area contributed by atoms with E-state index in [4.69, 9.17) is 5.73 Å². The van der Waals surface area contributed by atoms with Crippen molar-refractivity contribution in [3.8, 4) is 0 Å². The molecule has 0 spiro atoms. The number of aryl methyl sites for hydroxylation is 1. The molecule has 0 radical (unpaired) electrons. The number of nitrogen functional groups attached to an aromatic ring is 1. The Bertz CT molecular complexity index is 602. The van der Waals surface area contributed by atoms with Gasteiger partial charge < -0.3 is 11.1 Å². The molecular weight excluding hydrogens is 304 g/mol. The summed E-state index contributed by atoms with van der Waals surface area (Å²) in [5.41, 5.74) is 7.18. The third-order valence-electron chi connectivity index (χ3n) is 2.47. The van der Waals surface area contributed by atoms with E-state index in [1.54, 1.807) is 12.3 Å². The van der Waals surface area contributed by atoms with Crippen LogP contribution in [0.1, 0.15) is 5.56 Å². The average Bonchev–Trinajstić information content (AvgIpc) is 2.32. The van der Waals surface area contributed by atoms with Gasteiger partial charge in [-0.25, -0.2) is 13.8 Å². The van der Waals surface area contributed by atoms with Crippen LogP contribution < -0.4 is 11.1 Å². The molecule has 0 saturated carbocycles. The Hall–Kier alpha value is -1.69. The number of hydrogen-bond donors (Lipinski definition) is 2. The van der Waals surface area contributed by atoms with E-state index in [0.29, 0.717) is 11.5 Å². The molecule has 0 unspecified atom stereocenters. The zero-order valence-corrected chi connectivity index (χ0v) is 11.1. The summed E-state index contributed by atoms with van der Waals surface area (Å²) >= 11 is 2.99. The van der Waals surface area contributed by atoms with Crippen molar-refractivity contribution in [2.45, 2.75) is 6.92 Å². The Balaban J connectivity index is 2.40. The first-order chi connectivity index (χ1) is 8.49. The molecule has 0 aliphatic carbocycles. The zero-order valence-electron chi connectivity index (χ0n) is 9.47. The molecule has 6 heteroatoms. The minimum absolute atomic E-state index is 0.105. The predicted molar refractivity (Wildman–Crippen MR) is 70.7 cm³/mol. The molecule has 0 saturated heterocycles. The number of pyridine rings is 1. The molecular formula is C12H10BrF2N3. The molecule has 2 aromatic rings. The molecule has 1 aromatic carbocycles. The van der Waals surface area contributed by atoms with Gasteiger partial charge in [-0.1, -0.05) is 0 Å². The van der Waals surface area contributed by atoms with Crippen molar-refractivity contribution in [2.24, 2.45) is 0 Å². The normalized spacial score (nSPS) is 10.4. The van der Waals surface area contributed by atoms with Gasteiger partial charge in [-0.2, -0.15) is 0 Å². The van der Waals surface area contributed by atoms with E-state index in [1.807, 2.05) is 6.92 Å². The van der Waals surface area contributed by atoms with Crippen LogP contribution in [0.5, 0.6) is 0 Å². The van der Waals surface area contributed by atoms with Gasteiger partial charge in [0, 0.05) is 12.3 Å². The summed E-state index contributed by atoms with van der Waals surface area (Å²) in [6.07, 6.45) is 1.56. The van der Waals surface area contributed by atoms with E-state index in [1.165, 1.54) is 6.07 Å². The summed E-state index contributed by atoms with van der Waals surface area (Å²) in [6, 6.07) is 3.84. The summed E-state index contributed by atoms with van der Waals surface area (Å²) in [5.74, 6) is -1.03. The lowest BCUT2D eigenvalue weighted by molar-refractivity contribution is 0.581. The monoisotopic (exact) mass is 313 g/mol. The number of aromatic nitrogens is 1. The van der Waals surface area contributed by atoms with E-state index in [2.05, 4.69) is 26.2 Å². The molecule has 94 valence electrons. The first-order valence-electron chi connectivity index (χ1n) is 5.11. The standard InChI is InChI=1S/C12H10BrF2N3/c1-6-2-3-17-12(11(6)16)18-10-4-7(13)8(14)5-9(10)15/h2-5H,16H2,1H3,(H,17,18). The van der Waals surface area contributed by atoms with Crippen molar-refractivity contribution < 1.29 is 8.78 Å². The van der Waals surface area contributed by atoms with Crippen LogP contribution in [-0.2, 0) is 0 Å². The lowest BCUT2D eigenvalue weighted by Gasteiger charge is -2.11. The molecule has 0 fully saturated rings. The Kier molecular flexibility index (Phi) is 3.47. The van der Waals surface area contributed by atoms with Gasteiger partial charge in [0.25, 0.3) is 0 Å². The Morgan fingerprint density at radius 1 is 1.28 bits per heavy atom. The Labute approximate surface area is 111 Å². The van der Waals surface area contributed by atoms with Gasteiger partial charge >= 0.3 is 0 Å². The highest BCUT2D eigenvalue weighted by molar-refractivity contribution is 9.10. The van der Waals surface area contributed by atoms with E-state index in [-0.39, 0.29) is 10.2 Å². The van der Waals surface area contributed by atoms with Crippen molar-refractivity contribution in [1.82, 2.24) is 4.98 Å². The predicted octanol–water partition coefficient (Wildman–Crippen LogP) is 3.76. The molecule has 0 atom stereocenters. The Morgan fingerprint density at radius 3 is 2.72 bits per heavy atom. The molecule has 0 aliphatic rings. The van der Waals surface area contributed by atoms with E-state index in [0.717, 1.165) is 11.6 Å². The second-order valence-corrected chi connectivity index (χ2v) is 4.62. The van der Waals surface area contributed by atoms with Gasteiger partial charge in [-0.05, 0) is 40.5 Å². The first kappa shape index (κ1) is 12.8. The molecule has 0 bridgehead atoms. The highest BCUT2D eigenvalue weighted by Gasteiger charge is 2.10. The van der Waals surface area contributed by atoms with Gasteiger partial charge in [0.15, 0.2) is 5.82 Å². The maximum absolute atomic E-state index is 13.6. The van der Waals surface area contributed by atoms with Gasteiger partial charge in [0.05, 0.1) is 15.8 Å². The number of nitrogens with two attached hydrogens (primary N) is 1. The first-order valence-corrected chi connectivity index (χ1v) is 5.91. The third-order valence-corrected chi connectivity index (χ3v) is 3.08. The van der Waals surface area contributed by atoms with Crippen molar-refractivity contribution in [1.29, 1.82) is 0 Å². The molecule has 18 heavy (non-hydrogen) atoms. The smallest absolute Gasteiger partial charge is 0.153 e. The summed E-state index contributed by atoms with van der Waals surface area (Å²) in [5, 5.41) is 2.74. The molecule has 1 heterocycles. The van der Waals surface area contributed by atoms with Crippen molar-refractivity contribution in [2.75, 3.05) is 11.1 Å². The summed E-state index contributed by atoms with van der Waals surface area (Å²) in [4.78, 5) is 4.02. The van der Waals surface area contributed by atoms with Crippen LogP contribution in [0, 0.1) is 18.6 Å².